The number of nitrogens with zero attached hydrogens (tertiary/aromatic N) is 5. The third kappa shape index (κ3) is 4.67. The number of benzene rings is 1. The van der Waals surface area contributed by atoms with Gasteiger partial charge >= 0.3 is 6.01 Å². The van der Waals surface area contributed by atoms with Crippen molar-refractivity contribution in [3.8, 4) is 17.3 Å². The molecule has 41 heavy (non-hydrogen) atoms. The van der Waals surface area contributed by atoms with Gasteiger partial charge in [0.1, 0.15) is 23.6 Å². The van der Waals surface area contributed by atoms with Gasteiger partial charge in [0.25, 0.3) is 0 Å². The maximum atomic E-state index is 16.8. The molecule has 2 bridgehead atoms. The van der Waals surface area contributed by atoms with E-state index in [2.05, 4.69) is 61.0 Å². The number of pyridine rings is 1. The van der Waals surface area contributed by atoms with Gasteiger partial charge < -0.3 is 15.0 Å². The van der Waals surface area contributed by atoms with Crippen molar-refractivity contribution in [2.45, 2.75) is 95.7 Å². The summed E-state index contributed by atoms with van der Waals surface area (Å²) in [5.41, 5.74) is 3.85. The van der Waals surface area contributed by atoms with Crippen LogP contribution in [0.3, 0.4) is 0 Å². The molecule has 0 radical (unpaired) electrons. The average molecular weight is 559 g/mol. The molecule has 0 aliphatic carbocycles. The summed E-state index contributed by atoms with van der Waals surface area (Å²) in [6.07, 6.45) is 8.80. The van der Waals surface area contributed by atoms with E-state index >= 15 is 4.39 Å². The molecule has 0 amide bonds. The lowest BCUT2D eigenvalue weighted by Crippen LogP contribution is -2.51. The number of ether oxygens (including phenoxy) is 1. The molecule has 1 aromatic carbocycles. The Labute approximate surface area is 242 Å². The highest BCUT2D eigenvalue weighted by atomic mass is 19.1. The van der Waals surface area contributed by atoms with Gasteiger partial charge in [0.15, 0.2) is 5.82 Å². The number of hydrogen-bond acceptors (Lipinski definition) is 7. The first-order valence-electron chi connectivity index (χ1n) is 15.7. The second-order valence-corrected chi connectivity index (χ2v) is 13.4. The fourth-order valence-corrected chi connectivity index (χ4v) is 7.96. The molecule has 0 spiro atoms. The summed E-state index contributed by atoms with van der Waals surface area (Å²) >= 11 is 0. The van der Waals surface area contributed by atoms with Crippen LogP contribution < -0.4 is 15.0 Å². The van der Waals surface area contributed by atoms with Crippen LogP contribution in [0.15, 0.2) is 24.4 Å². The molecule has 1 N–H and O–H groups in total. The SMILES string of the molecule is CC(C)c1cccc(C(C)C)c1-c1ncc2c(N3CC4CCC(C3)N4)nc(OCC34CCCN3CCC4)nc2c1F. The Bertz CT molecular complexity index is 1410. The molecular weight excluding hydrogens is 515 g/mol. The molecule has 4 aliphatic rings. The largest absolute Gasteiger partial charge is 0.461 e. The second kappa shape index (κ2) is 10.5. The number of hydrogen-bond donors (Lipinski definition) is 1. The predicted octanol–water partition coefficient (Wildman–Crippen LogP) is 6.03. The summed E-state index contributed by atoms with van der Waals surface area (Å²) in [6, 6.07) is 7.41. The molecule has 2 unspecified atom stereocenters. The maximum Gasteiger partial charge on any atom is 0.319 e. The molecule has 8 heteroatoms. The van der Waals surface area contributed by atoms with Crippen LogP contribution >= 0.6 is 0 Å². The summed E-state index contributed by atoms with van der Waals surface area (Å²) in [5.74, 6) is 0.828. The van der Waals surface area contributed by atoms with Crippen molar-refractivity contribution in [3.05, 3.63) is 41.3 Å². The highest BCUT2D eigenvalue weighted by Crippen LogP contribution is 2.41. The van der Waals surface area contributed by atoms with E-state index in [1.807, 2.05) is 0 Å². The molecule has 0 saturated carbocycles. The van der Waals surface area contributed by atoms with Gasteiger partial charge in [-0.05, 0) is 74.6 Å². The van der Waals surface area contributed by atoms with Crippen LogP contribution in [0.5, 0.6) is 6.01 Å². The zero-order chi connectivity index (χ0) is 28.3. The third-order valence-electron chi connectivity index (χ3n) is 10.1. The van der Waals surface area contributed by atoms with Gasteiger partial charge in [-0.2, -0.15) is 9.97 Å². The van der Waals surface area contributed by atoms with E-state index in [0.717, 1.165) is 74.4 Å². The van der Waals surface area contributed by atoms with Gasteiger partial charge in [-0.15, -0.1) is 0 Å². The molecule has 218 valence electrons. The first-order valence-corrected chi connectivity index (χ1v) is 15.7. The summed E-state index contributed by atoms with van der Waals surface area (Å²) in [4.78, 5) is 19.4. The van der Waals surface area contributed by atoms with Crippen LogP contribution in [0.25, 0.3) is 22.2 Å². The van der Waals surface area contributed by atoms with Gasteiger partial charge in [0.2, 0.25) is 0 Å². The number of nitrogens with one attached hydrogen (secondary N) is 1. The quantitative estimate of drug-likeness (QED) is 0.380. The number of anilines is 1. The van der Waals surface area contributed by atoms with Crippen LogP contribution in [0.4, 0.5) is 10.2 Å². The topological polar surface area (TPSA) is 66.4 Å². The maximum absolute atomic E-state index is 16.8. The van der Waals surface area contributed by atoms with E-state index in [1.165, 1.54) is 12.8 Å². The molecule has 4 fully saturated rings. The summed E-state index contributed by atoms with van der Waals surface area (Å²) in [6.45, 7) is 13.1. The van der Waals surface area contributed by atoms with Crippen molar-refractivity contribution >= 4 is 16.7 Å². The van der Waals surface area contributed by atoms with Gasteiger partial charge in [-0.3, -0.25) is 9.88 Å². The Morgan fingerprint density at radius 3 is 2.29 bits per heavy atom. The van der Waals surface area contributed by atoms with Crippen LogP contribution in [-0.2, 0) is 0 Å². The van der Waals surface area contributed by atoms with E-state index in [4.69, 9.17) is 19.7 Å². The normalized spacial score (nSPS) is 23.7. The van der Waals surface area contributed by atoms with E-state index in [-0.39, 0.29) is 29.2 Å². The Morgan fingerprint density at radius 1 is 1.00 bits per heavy atom. The van der Waals surface area contributed by atoms with Crippen molar-refractivity contribution in [1.82, 2.24) is 25.2 Å². The lowest BCUT2D eigenvalue weighted by Gasteiger charge is -2.34. The lowest BCUT2D eigenvalue weighted by molar-refractivity contribution is 0.108. The summed E-state index contributed by atoms with van der Waals surface area (Å²) in [5, 5.41) is 4.36. The van der Waals surface area contributed by atoms with Crippen LogP contribution in [0, 0.1) is 5.82 Å². The van der Waals surface area contributed by atoms with Crippen molar-refractivity contribution in [3.63, 3.8) is 0 Å². The Balaban J connectivity index is 1.35. The Kier molecular flexibility index (Phi) is 6.89. The summed E-state index contributed by atoms with van der Waals surface area (Å²) < 4.78 is 23.3. The van der Waals surface area contributed by atoms with Crippen molar-refractivity contribution in [2.75, 3.05) is 37.7 Å². The fraction of sp³-hybridized carbons (Fsp3) is 0.606. The Morgan fingerprint density at radius 2 is 1.66 bits per heavy atom. The first kappa shape index (κ1) is 27.0. The lowest BCUT2D eigenvalue weighted by atomic mass is 9.86. The zero-order valence-corrected chi connectivity index (χ0v) is 24.9. The van der Waals surface area contributed by atoms with E-state index < -0.39 is 0 Å². The van der Waals surface area contributed by atoms with Gasteiger partial charge in [0.05, 0.1) is 10.9 Å². The minimum absolute atomic E-state index is 0.0664. The minimum atomic E-state index is -0.384. The zero-order valence-electron chi connectivity index (χ0n) is 24.9. The van der Waals surface area contributed by atoms with Gasteiger partial charge in [0, 0.05) is 36.9 Å². The molecule has 4 saturated heterocycles. The molecule has 2 atom stereocenters. The first-order chi connectivity index (χ1) is 19.8. The second-order valence-electron chi connectivity index (χ2n) is 13.4. The number of fused-ring (bicyclic) bond motifs is 4. The van der Waals surface area contributed by atoms with Crippen molar-refractivity contribution in [2.24, 2.45) is 0 Å². The van der Waals surface area contributed by atoms with Crippen molar-refractivity contribution in [1.29, 1.82) is 0 Å². The number of piperazine rings is 1. The van der Waals surface area contributed by atoms with E-state index in [0.29, 0.717) is 35.3 Å². The molecule has 3 aromatic rings. The highest BCUT2D eigenvalue weighted by Gasteiger charge is 2.45. The number of aromatic nitrogens is 3. The monoisotopic (exact) mass is 558 g/mol. The number of halogens is 1. The van der Waals surface area contributed by atoms with Crippen LogP contribution in [0.1, 0.15) is 89.2 Å². The molecule has 2 aromatic heterocycles. The van der Waals surface area contributed by atoms with E-state index in [1.54, 1.807) is 6.20 Å². The van der Waals surface area contributed by atoms with E-state index in [9.17, 15) is 0 Å². The minimum Gasteiger partial charge on any atom is -0.461 e. The Hall–Kier alpha value is -2.84. The molecule has 7 rings (SSSR count). The summed E-state index contributed by atoms with van der Waals surface area (Å²) in [7, 11) is 0. The van der Waals surface area contributed by atoms with Gasteiger partial charge in [-0.1, -0.05) is 45.9 Å². The highest BCUT2D eigenvalue weighted by molar-refractivity contribution is 5.92. The average Bonchev–Trinajstić information content (AvgIpc) is 3.65. The fourth-order valence-electron chi connectivity index (χ4n) is 7.96. The number of rotatable bonds is 7. The van der Waals surface area contributed by atoms with Crippen LogP contribution in [0.2, 0.25) is 0 Å². The molecule has 4 aliphatic heterocycles. The smallest absolute Gasteiger partial charge is 0.319 e. The van der Waals surface area contributed by atoms with Crippen molar-refractivity contribution < 1.29 is 9.13 Å². The molecule has 7 nitrogen and oxygen atoms in total. The standard InChI is InChI=1S/C33H43FN6O/c1-20(2)24-8-5-9-25(21(3)4)27(24)30-28(34)29-26(16-35-30)31(39-17-22-10-11-23(18-39)36-22)38-32(37-29)41-19-33-12-6-14-40(33)15-7-13-33/h5,8-9,16,20-23,36H,6-7,10-15,17-19H2,1-4H3. The van der Waals surface area contributed by atoms with Gasteiger partial charge in [-0.25, -0.2) is 4.39 Å². The predicted molar refractivity (Wildman–Crippen MR) is 161 cm³/mol. The molecular formula is C33H43FN6O. The molecule has 6 heterocycles. The third-order valence-corrected chi connectivity index (χ3v) is 10.1. The van der Waals surface area contributed by atoms with Crippen LogP contribution in [-0.4, -0.2) is 70.3 Å².